The van der Waals surface area contributed by atoms with Crippen LogP contribution in [-0.4, -0.2) is 30.3 Å². The molecule has 0 atom stereocenters. The van der Waals surface area contributed by atoms with E-state index in [1.165, 1.54) is 18.9 Å². The van der Waals surface area contributed by atoms with Crippen molar-refractivity contribution in [3.8, 4) is 5.75 Å². The first-order valence-corrected chi connectivity index (χ1v) is 18.7. The zero-order chi connectivity index (χ0) is 19.1. The standard InChI is InChI=1S/C19H38O3Si3/c1-8-9-16-23(2,3)21-25(6,7)22-24(4,5)17-12-14-18-13-10-11-15-19(18)20/h10-11,13,15,20H,8-9,12,14,16-17H2,1-7H3. The third-order valence-corrected chi connectivity index (χ3v) is 15.9. The third kappa shape index (κ3) is 9.19. The molecule has 1 rings (SSSR count). The number of para-hydroxylation sites is 1. The second-order valence-corrected chi connectivity index (χ2v) is 21.2. The van der Waals surface area contributed by atoms with E-state index in [2.05, 4.69) is 46.2 Å². The summed E-state index contributed by atoms with van der Waals surface area (Å²) in [7, 11) is -5.48. The van der Waals surface area contributed by atoms with Gasteiger partial charge in [-0.2, -0.15) is 0 Å². The predicted molar refractivity (Wildman–Crippen MR) is 116 cm³/mol. The first-order chi connectivity index (χ1) is 11.5. The van der Waals surface area contributed by atoms with E-state index in [0.29, 0.717) is 5.75 Å². The van der Waals surface area contributed by atoms with Gasteiger partial charge in [0, 0.05) is 0 Å². The Morgan fingerprint density at radius 3 is 1.88 bits per heavy atom. The van der Waals surface area contributed by atoms with E-state index >= 15 is 0 Å². The number of aromatic hydroxyl groups is 1. The molecular weight excluding hydrogens is 360 g/mol. The van der Waals surface area contributed by atoms with Crippen LogP contribution in [0.5, 0.6) is 5.75 Å². The van der Waals surface area contributed by atoms with Crippen molar-refractivity contribution in [2.75, 3.05) is 0 Å². The Balaban J connectivity index is 2.53. The van der Waals surface area contributed by atoms with Gasteiger partial charge in [0.15, 0.2) is 16.6 Å². The van der Waals surface area contributed by atoms with Crippen LogP contribution in [0.3, 0.4) is 0 Å². The summed E-state index contributed by atoms with van der Waals surface area (Å²) in [6, 6.07) is 9.95. The van der Waals surface area contributed by atoms with Gasteiger partial charge in [0.05, 0.1) is 0 Å². The average Bonchev–Trinajstić information content (AvgIpc) is 2.44. The molecule has 25 heavy (non-hydrogen) atoms. The van der Waals surface area contributed by atoms with Crippen LogP contribution in [0, 0.1) is 0 Å². The molecule has 0 bridgehead atoms. The van der Waals surface area contributed by atoms with Gasteiger partial charge in [-0.3, -0.25) is 0 Å². The van der Waals surface area contributed by atoms with E-state index in [4.69, 9.17) is 8.23 Å². The molecule has 0 radical (unpaired) electrons. The van der Waals surface area contributed by atoms with Crippen molar-refractivity contribution in [1.29, 1.82) is 0 Å². The first-order valence-electron chi connectivity index (χ1n) is 9.64. The Labute approximate surface area is 158 Å². The van der Waals surface area contributed by atoms with Crippen LogP contribution in [0.2, 0.25) is 51.4 Å². The van der Waals surface area contributed by atoms with Crippen molar-refractivity contribution in [1.82, 2.24) is 0 Å². The quantitative estimate of drug-likeness (QED) is 0.446. The Kier molecular flexibility index (Phi) is 8.60. The third-order valence-electron chi connectivity index (χ3n) is 4.39. The normalized spacial score (nSPS) is 13.2. The molecule has 0 saturated heterocycles. The van der Waals surface area contributed by atoms with Crippen molar-refractivity contribution >= 4 is 25.2 Å². The Morgan fingerprint density at radius 2 is 1.36 bits per heavy atom. The van der Waals surface area contributed by atoms with E-state index in [1.54, 1.807) is 6.07 Å². The predicted octanol–water partition coefficient (Wildman–Crippen LogP) is 6.27. The van der Waals surface area contributed by atoms with E-state index < -0.39 is 25.2 Å². The summed E-state index contributed by atoms with van der Waals surface area (Å²) in [5.41, 5.74) is 1.04. The van der Waals surface area contributed by atoms with Gasteiger partial charge in [0.2, 0.25) is 0 Å². The minimum atomic E-state index is -2.09. The maximum Gasteiger partial charge on any atom is 0.311 e. The summed E-state index contributed by atoms with van der Waals surface area (Å²) in [4.78, 5) is 0. The van der Waals surface area contributed by atoms with Gasteiger partial charge in [-0.25, -0.2) is 0 Å². The lowest BCUT2D eigenvalue weighted by Gasteiger charge is -2.38. The van der Waals surface area contributed by atoms with E-state index in [1.807, 2.05) is 18.2 Å². The smallest absolute Gasteiger partial charge is 0.311 e. The Hall–Kier alpha value is -0.409. The summed E-state index contributed by atoms with van der Waals surface area (Å²) >= 11 is 0. The molecule has 144 valence electrons. The Bertz CT molecular complexity index is 530. The largest absolute Gasteiger partial charge is 0.508 e. The van der Waals surface area contributed by atoms with Gasteiger partial charge in [-0.15, -0.1) is 0 Å². The molecule has 6 heteroatoms. The molecular formula is C19H38O3Si3. The molecule has 0 aliphatic rings. The number of hydrogen-bond donors (Lipinski definition) is 1. The summed E-state index contributed by atoms with van der Waals surface area (Å²) < 4.78 is 13.2. The topological polar surface area (TPSA) is 38.7 Å². The van der Waals surface area contributed by atoms with Gasteiger partial charge in [-0.05, 0) is 75.8 Å². The highest BCUT2D eigenvalue weighted by Crippen LogP contribution is 2.27. The van der Waals surface area contributed by atoms with Crippen LogP contribution in [0.15, 0.2) is 24.3 Å². The van der Waals surface area contributed by atoms with Crippen molar-refractivity contribution in [3.05, 3.63) is 29.8 Å². The number of benzene rings is 1. The summed E-state index contributed by atoms with van der Waals surface area (Å²) in [6.45, 7) is 15.9. The zero-order valence-corrected chi connectivity index (χ0v) is 20.3. The fourth-order valence-electron chi connectivity index (χ4n) is 3.48. The lowest BCUT2D eigenvalue weighted by Crippen LogP contribution is -2.52. The van der Waals surface area contributed by atoms with Crippen molar-refractivity contribution < 1.29 is 13.3 Å². The van der Waals surface area contributed by atoms with Gasteiger partial charge in [-0.1, -0.05) is 38.0 Å². The molecule has 1 aromatic rings. The van der Waals surface area contributed by atoms with E-state index in [9.17, 15) is 5.11 Å². The number of phenolic OH excluding ortho intramolecular Hbond substituents is 1. The van der Waals surface area contributed by atoms with Crippen molar-refractivity contribution in [3.63, 3.8) is 0 Å². The fraction of sp³-hybridized carbons (Fsp3) is 0.684. The van der Waals surface area contributed by atoms with E-state index in [-0.39, 0.29) is 0 Å². The molecule has 0 fully saturated rings. The summed E-state index contributed by atoms with van der Waals surface area (Å²) in [5, 5.41) is 9.90. The molecule has 0 unspecified atom stereocenters. The minimum absolute atomic E-state index is 0.407. The second kappa shape index (κ2) is 9.50. The van der Waals surface area contributed by atoms with Gasteiger partial charge >= 0.3 is 8.56 Å². The molecule has 1 N–H and O–H groups in total. The molecule has 0 heterocycles. The number of phenols is 1. The highest BCUT2D eigenvalue weighted by Gasteiger charge is 2.39. The molecule has 0 aliphatic carbocycles. The van der Waals surface area contributed by atoms with E-state index in [0.717, 1.165) is 24.4 Å². The second-order valence-electron chi connectivity index (χ2n) is 8.71. The SMILES string of the molecule is CCCC[Si](C)(C)O[Si](C)(C)O[Si](C)(C)CCCc1ccccc1O. The van der Waals surface area contributed by atoms with Crippen LogP contribution >= 0.6 is 0 Å². The lowest BCUT2D eigenvalue weighted by atomic mass is 10.1. The number of hydrogen-bond acceptors (Lipinski definition) is 3. The Morgan fingerprint density at radius 1 is 0.840 bits per heavy atom. The molecule has 0 aromatic heterocycles. The number of unbranched alkanes of at least 4 members (excludes halogenated alkanes) is 1. The van der Waals surface area contributed by atoms with Crippen LogP contribution in [0.1, 0.15) is 31.7 Å². The van der Waals surface area contributed by atoms with Crippen LogP contribution < -0.4 is 0 Å². The fourth-order valence-corrected chi connectivity index (χ4v) is 17.7. The lowest BCUT2D eigenvalue weighted by molar-refractivity contribution is 0.386. The highest BCUT2D eigenvalue weighted by molar-refractivity contribution is 6.87. The summed E-state index contributed by atoms with van der Waals surface area (Å²) in [5.74, 6) is 0.407. The van der Waals surface area contributed by atoms with Crippen LogP contribution in [0.25, 0.3) is 0 Å². The summed E-state index contributed by atoms with van der Waals surface area (Å²) in [6.07, 6.45) is 4.45. The first kappa shape index (κ1) is 22.6. The maximum atomic E-state index is 9.90. The molecule has 0 aliphatic heterocycles. The van der Waals surface area contributed by atoms with Crippen LogP contribution in [0.4, 0.5) is 0 Å². The van der Waals surface area contributed by atoms with Gasteiger partial charge in [0.1, 0.15) is 5.75 Å². The van der Waals surface area contributed by atoms with Crippen molar-refractivity contribution in [2.45, 2.75) is 84.0 Å². The molecule has 0 amide bonds. The molecule has 1 aromatic carbocycles. The monoisotopic (exact) mass is 398 g/mol. The molecule has 0 saturated carbocycles. The molecule has 0 spiro atoms. The average molecular weight is 399 g/mol. The minimum Gasteiger partial charge on any atom is -0.508 e. The van der Waals surface area contributed by atoms with Crippen LogP contribution in [-0.2, 0) is 14.7 Å². The number of rotatable bonds is 11. The zero-order valence-electron chi connectivity index (χ0n) is 17.3. The van der Waals surface area contributed by atoms with Crippen molar-refractivity contribution in [2.24, 2.45) is 0 Å². The maximum absolute atomic E-state index is 9.90. The van der Waals surface area contributed by atoms with Gasteiger partial charge < -0.3 is 13.3 Å². The molecule has 3 nitrogen and oxygen atoms in total. The van der Waals surface area contributed by atoms with Gasteiger partial charge in [0.25, 0.3) is 0 Å². The highest BCUT2D eigenvalue weighted by atomic mass is 28.5. The number of aryl methyl sites for hydroxylation is 1.